The van der Waals surface area contributed by atoms with Crippen LogP contribution in [0.15, 0.2) is 54.6 Å². The molecule has 0 radical (unpaired) electrons. The van der Waals surface area contributed by atoms with Crippen molar-refractivity contribution < 1.29 is 26.7 Å². The molecule has 1 amide bonds. The van der Waals surface area contributed by atoms with Crippen LogP contribution in [0.2, 0.25) is 10.0 Å². The number of fused-ring (bicyclic) bond motifs is 1. The first-order valence-electron chi connectivity index (χ1n) is 12.2. The van der Waals surface area contributed by atoms with E-state index < -0.39 is 40.7 Å². The Hall–Kier alpha value is -3.67. The summed E-state index contributed by atoms with van der Waals surface area (Å²) in [7, 11) is 0. The summed E-state index contributed by atoms with van der Waals surface area (Å²) >= 11 is 18.0. The molecule has 1 heterocycles. The molecule has 41 heavy (non-hydrogen) atoms. The molecule has 13 heteroatoms. The molecule has 5 nitrogen and oxygen atoms in total. The van der Waals surface area contributed by atoms with E-state index >= 15 is 0 Å². The maximum absolute atomic E-state index is 14.2. The van der Waals surface area contributed by atoms with Crippen LogP contribution in [-0.2, 0) is 0 Å². The SMILES string of the molecule is O=C(NC(=S)Nc1ccc(N2CCN(c3c(F)c(F)c(F)c(F)c3F)CC2)c(Cl)c1)c1cccc2c(Cl)cccc12. The standard InChI is InChI=1S/C28H19Cl2F5N4OS/c29-18-6-2-3-15-16(18)4-1-5-17(15)27(40)37-28(41)36-14-7-8-20(19(30)13-14)38-9-11-39(12-10-38)26-24(34)22(32)21(31)23(33)25(26)35/h1-8,13H,9-12H2,(H2,36,37,40,41). The van der Waals surface area contributed by atoms with Gasteiger partial charge in [0.1, 0.15) is 5.69 Å². The first-order chi connectivity index (χ1) is 19.6. The van der Waals surface area contributed by atoms with Crippen LogP contribution in [-0.4, -0.2) is 37.2 Å². The molecule has 4 aromatic carbocycles. The van der Waals surface area contributed by atoms with E-state index in [9.17, 15) is 26.7 Å². The molecule has 0 atom stereocenters. The highest BCUT2D eigenvalue weighted by Gasteiger charge is 2.31. The number of anilines is 3. The van der Waals surface area contributed by atoms with E-state index in [4.69, 9.17) is 35.4 Å². The predicted octanol–water partition coefficient (Wildman–Crippen LogP) is 7.30. The van der Waals surface area contributed by atoms with Gasteiger partial charge < -0.3 is 15.1 Å². The largest absolute Gasteiger partial charge is 0.367 e. The lowest BCUT2D eigenvalue weighted by Gasteiger charge is -2.38. The third kappa shape index (κ3) is 5.61. The van der Waals surface area contributed by atoms with Crippen LogP contribution < -0.4 is 20.4 Å². The van der Waals surface area contributed by atoms with Gasteiger partial charge in [-0.1, -0.05) is 47.5 Å². The fourth-order valence-corrected chi connectivity index (χ4v) is 5.43. The minimum Gasteiger partial charge on any atom is -0.367 e. The van der Waals surface area contributed by atoms with E-state index in [1.165, 1.54) is 0 Å². The Morgan fingerprint density at radius 2 is 1.32 bits per heavy atom. The second-order valence-electron chi connectivity index (χ2n) is 9.11. The molecule has 0 bridgehead atoms. The summed E-state index contributed by atoms with van der Waals surface area (Å²) in [6.45, 7) is 0.388. The Kier molecular flexibility index (Phi) is 8.21. The van der Waals surface area contributed by atoms with E-state index in [1.54, 1.807) is 48.5 Å². The highest BCUT2D eigenvalue weighted by Crippen LogP contribution is 2.34. The van der Waals surface area contributed by atoms with Crippen molar-refractivity contribution in [1.82, 2.24) is 5.32 Å². The monoisotopic (exact) mass is 624 g/mol. The van der Waals surface area contributed by atoms with Gasteiger partial charge in [-0.05, 0) is 47.9 Å². The molecule has 1 saturated heterocycles. The van der Waals surface area contributed by atoms with Crippen molar-refractivity contribution in [2.24, 2.45) is 0 Å². The Labute approximate surface area is 246 Å². The topological polar surface area (TPSA) is 47.6 Å². The quantitative estimate of drug-likeness (QED) is 0.108. The van der Waals surface area contributed by atoms with Crippen LogP contribution in [0.1, 0.15) is 10.4 Å². The van der Waals surface area contributed by atoms with Crippen LogP contribution in [0.5, 0.6) is 0 Å². The molecule has 0 unspecified atom stereocenters. The first kappa shape index (κ1) is 28.8. The molecule has 1 fully saturated rings. The van der Waals surface area contributed by atoms with Gasteiger partial charge in [-0.2, -0.15) is 0 Å². The average molecular weight is 625 g/mol. The van der Waals surface area contributed by atoms with Crippen LogP contribution in [0.3, 0.4) is 0 Å². The number of carbonyl (C=O) groups is 1. The molecule has 212 valence electrons. The van der Waals surface area contributed by atoms with Crippen LogP contribution in [0.25, 0.3) is 10.8 Å². The Bertz CT molecular complexity index is 1670. The number of nitrogens with one attached hydrogen (secondary N) is 2. The number of thiocarbonyl (C=S) groups is 1. The molecule has 1 aliphatic rings. The number of hydrogen-bond donors (Lipinski definition) is 2. The third-order valence-corrected chi connectivity index (χ3v) is 7.51. The number of rotatable bonds is 4. The smallest absolute Gasteiger partial charge is 0.258 e. The Morgan fingerprint density at radius 1 is 0.732 bits per heavy atom. The zero-order valence-corrected chi connectivity index (χ0v) is 23.2. The molecule has 4 aromatic rings. The van der Waals surface area contributed by atoms with Gasteiger partial charge >= 0.3 is 0 Å². The summed E-state index contributed by atoms with van der Waals surface area (Å²) < 4.78 is 69.2. The third-order valence-electron chi connectivity index (χ3n) is 6.67. The maximum Gasteiger partial charge on any atom is 0.258 e. The normalized spacial score (nSPS) is 13.4. The van der Waals surface area contributed by atoms with E-state index in [2.05, 4.69) is 10.6 Å². The van der Waals surface area contributed by atoms with Crippen LogP contribution >= 0.6 is 35.4 Å². The minimum atomic E-state index is -2.19. The fraction of sp³-hybridized carbons (Fsp3) is 0.143. The summed E-state index contributed by atoms with van der Waals surface area (Å²) in [6, 6.07) is 15.4. The van der Waals surface area contributed by atoms with E-state index in [-0.39, 0.29) is 31.3 Å². The zero-order valence-electron chi connectivity index (χ0n) is 20.9. The van der Waals surface area contributed by atoms with Gasteiger partial charge in [-0.25, -0.2) is 22.0 Å². The second kappa shape index (κ2) is 11.7. The van der Waals surface area contributed by atoms with E-state index in [0.717, 1.165) is 10.3 Å². The molecule has 2 N–H and O–H groups in total. The summed E-state index contributed by atoms with van der Waals surface area (Å²) in [4.78, 5) is 15.8. The number of hydrogen-bond acceptors (Lipinski definition) is 4. The molecule has 0 aromatic heterocycles. The van der Waals surface area contributed by atoms with Crippen LogP contribution in [0.4, 0.5) is 39.0 Å². The van der Waals surface area contributed by atoms with Gasteiger partial charge in [0.05, 0.1) is 10.7 Å². The predicted molar refractivity (Wildman–Crippen MR) is 155 cm³/mol. The summed E-state index contributed by atoms with van der Waals surface area (Å²) in [6.07, 6.45) is 0. The highest BCUT2D eigenvalue weighted by atomic mass is 35.5. The lowest BCUT2D eigenvalue weighted by atomic mass is 10.0. The molecule has 0 spiro atoms. The summed E-state index contributed by atoms with van der Waals surface area (Å²) in [5.41, 5.74) is 0.531. The van der Waals surface area contributed by atoms with Crippen molar-refractivity contribution in [2.45, 2.75) is 0 Å². The van der Waals surface area contributed by atoms with E-state index in [1.807, 2.05) is 11.0 Å². The molecule has 5 rings (SSSR count). The van der Waals surface area contributed by atoms with Gasteiger partial charge in [-0.15, -0.1) is 0 Å². The lowest BCUT2D eigenvalue weighted by Crippen LogP contribution is -2.47. The number of carbonyl (C=O) groups excluding carboxylic acids is 1. The summed E-state index contributed by atoms with van der Waals surface area (Å²) in [5, 5.41) is 7.82. The molecule has 0 saturated carbocycles. The highest BCUT2D eigenvalue weighted by molar-refractivity contribution is 7.80. The fourth-order valence-electron chi connectivity index (χ4n) is 4.69. The molecule has 0 aliphatic carbocycles. The Morgan fingerprint density at radius 3 is 1.98 bits per heavy atom. The van der Waals surface area contributed by atoms with Crippen molar-refractivity contribution in [3.05, 3.63) is 99.3 Å². The van der Waals surface area contributed by atoms with Gasteiger partial charge in [0.25, 0.3) is 5.91 Å². The van der Waals surface area contributed by atoms with Crippen LogP contribution in [0, 0.1) is 29.1 Å². The van der Waals surface area contributed by atoms with Crippen molar-refractivity contribution in [3.8, 4) is 0 Å². The zero-order chi connectivity index (χ0) is 29.4. The van der Waals surface area contributed by atoms with Crippen molar-refractivity contribution in [1.29, 1.82) is 0 Å². The van der Waals surface area contributed by atoms with Gasteiger partial charge in [-0.3, -0.25) is 10.1 Å². The van der Waals surface area contributed by atoms with Gasteiger partial charge in [0, 0.05) is 47.8 Å². The summed E-state index contributed by atoms with van der Waals surface area (Å²) in [5.74, 6) is -10.3. The molecular weight excluding hydrogens is 606 g/mol. The number of nitrogens with zero attached hydrogens (tertiary/aromatic N) is 2. The van der Waals surface area contributed by atoms with Crippen molar-refractivity contribution in [3.63, 3.8) is 0 Å². The minimum absolute atomic E-state index is 0.00974. The Balaban J connectivity index is 1.23. The lowest BCUT2D eigenvalue weighted by molar-refractivity contribution is 0.0979. The maximum atomic E-state index is 14.2. The molecule has 1 aliphatic heterocycles. The number of halogens is 7. The van der Waals surface area contributed by atoms with Crippen molar-refractivity contribution >= 4 is 74.3 Å². The molecular formula is C28H19Cl2F5N4OS. The number of benzene rings is 4. The number of amides is 1. The van der Waals surface area contributed by atoms with Crippen molar-refractivity contribution in [2.75, 3.05) is 41.3 Å². The first-order valence-corrected chi connectivity index (χ1v) is 13.3. The average Bonchev–Trinajstić information content (AvgIpc) is 2.95. The number of piperazine rings is 1. The second-order valence-corrected chi connectivity index (χ2v) is 10.3. The van der Waals surface area contributed by atoms with Gasteiger partial charge in [0.2, 0.25) is 5.82 Å². The van der Waals surface area contributed by atoms with Gasteiger partial charge in [0.15, 0.2) is 28.4 Å². The van der Waals surface area contributed by atoms with E-state index in [0.29, 0.717) is 32.4 Å².